The summed E-state index contributed by atoms with van der Waals surface area (Å²) in [6.07, 6.45) is 4.08. The molecule has 0 aliphatic carbocycles. The number of piperidine rings is 1. The highest BCUT2D eigenvalue weighted by atomic mass is 32.2. The maximum absolute atomic E-state index is 10.7. The fraction of sp³-hybridized carbons (Fsp3) is 0.412. The molecule has 2 aromatic rings. The summed E-state index contributed by atoms with van der Waals surface area (Å²) in [5.41, 5.74) is 1.65. The van der Waals surface area contributed by atoms with Crippen LogP contribution in [0.2, 0.25) is 0 Å². The van der Waals surface area contributed by atoms with Crippen LogP contribution in [0, 0.1) is 10.1 Å². The van der Waals surface area contributed by atoms with Gasteiger partial charge in [0, 0.05) is 23.4 Å². The highest BCUT2D eigenvalue weighted by Crippen LogP contribution is 2.22. The number of nitrogens with zero attached hydrogens (tertiary/aromatic N) is 3. The number of nitrogens with one attached hydrogen (secondary N) is 1. The average Bonchev–Trinajstić information content (AvgIpc) is 2.63. The Balaban J connectivity index is 1.53. The van der Waals surface area contributed by atoms with Gasteiger partial charge in [0.05, 0.1) is 30.3 Å². The van der Waals surface area contributed by atoms with Crippen LogP contribution < -0.4 is 4.90 Å². The molecule has 1 fully saturated rings. The highest BCUT2D eigenvalue weighted by Gasteiger charge is 2.13. The van der Waals surface area contributed by atoms with Crippen LogP contribution in [-0.4, -0.2) is 40.5 Å². The molecule has 1 aromatic carbocycles. The molecule has 1 aliphatic rings. The van der Waals surface area contributed by atoms with Crippen LogP contribution in [0.1, 0.15) is 19.3 Å². The molecule has 2 heterocycles. The van der Waals surface area contributed by atoms with Crippen molar-refractivity contribution < 1.29 is 9.82 Å². The van der Waals surface area contributed by atoms with Gasteiger partial charge < -0.3 is 4.90 Å². The number of quaternary nitrogens is 1. The van der Waals surface area contributed by atoms with Crippen molar-refractivity contribution in [3.05, 3.63) is 46.5 Å². The van der Waals surface area contributed by atoms with Gasteiger partial charge in [0.1, 0.15) is 5.03 Å². The van der Waals surface area contributed by atoms with E-state index in [9.17, 15) is 10.1 Å². The molecule has 1 aliphatic heterocycles. The number of nitro groups is 1. The van der Waals surface area contributed by atoms with E-state index in [0.717, 1.165) is 22.0 Å². The molecular weight excluding hydrogens is 324 g/mol. The second-order valence-electron chi connectivity index (χ2n) is 5.97. The van der Waals surface area contributed by atoms with E-state index >= 15 is 0 Å². The van der Waals surface area contributed by atoms with Crippen LogP contribution in [-0.2, 0) is 0 Å². The zero-order valence-electron chi connectivity index (χ0n) is 13.5. The van der Waals surface area contributed by atoms with E-state index in [4.69, 9.17) is 0 Å². The SMILES string of the molecule is O=[N+]([O-])c1ccc(-c2ccc(SCC[NH+]3CCCCC3)nn2)cc1. The summed E-state index contributed by atoms with van der Waals surface area (Å²) in [5, 5.41) is 20.1. The molecule has 7 heteroatoms. The van der Waals surface area contributed by atoms with Crippen molar-refractivity contribution in [2.75, 3.05) is 25.4 Å². The topological polar surface area (TPSA) is 73.4 Å². The van der Waals surface area contributed by atoms with Gasteiger partial charge in [-0.15, -0.1) is 10.2 Å². The molecule has 0 spiro atoms. The Morgan fingerprint density at radius 1 is 1.04 bits per heavy atom. The van der Waals surface area contributed by atoms with E-state index in [0.29, 0.717) is 0 Å². The first-order valence-corrected chi connectivity index (χ1v) is 9.26. The second-order valence-corrected chi connectivity index (χ2v) is 7.09. The van der Waals surface area contributed by atoms with Crippen molar-refractivity contribution in [2.45, 2.75) is 24.3 Å². The first kappa shape index (κ1) is 16.9. The summed E-state index contributed by atoms with van der Waals surface area (Å²) in [6, 6.07) is 10.3. The smallest absolute Gasteiger partial charge is 0.269 e. The van der Waals surface area contributed by atoms with Crippen LogP contribution in [0.15, 0.2) is 41.4 Å². The van der Waals surface area contributed by atoms with Crippen molar-refractivity contribution >= 4 is 17.4 Å². The predicted molar refractivity (Wildman–Crippen MR) is 94.3 cm³/mol. The van der Waals surface area contributed by atoms with Crippen molar-refractivity contribution in [1.82, 2.24) is 10.2 Å². The molecule has 0 saturated carbocycles. The zero-order chi connectivity index (χ0) is 16.8. The van der Waals surface area contributed by atoms with Gasteiger partial charge in [-0.3, -0.25) is 10.1 Å². The minimum atomic E-state index is -0.403. The lowest BCUT2D eigenvalue weighted by Crippen LogP contribution is -3.13. The predicted octanol–water partition coefficient (Wildman–Crippen LogP) is 2.21. The van der Waals surface area contributed by atoms with Crippen LogP contribution in [0.5, 0.6) is 0 Å². The van der Waals surface area contributed by atoms with Gasteiger partial charge >= 0.3 is 0 Å². The Labute approximate surface area is 145 Å². The molecule has 1 aromatic heterocycles. The average molecular weight is 345 g/mol. The maximum Gasteiger partial charge on any atom is 0.269 e. The Morgan fingerprint density at radius 2 is 1.79 bits per heavy atom. The lowest BCUT2D eigenvalue weighted by atomic mass is 10.1. The number of non-ortho nitro benzene ring substituents is 1. The second kappa shape index (κ2) is 8.21. The molecule has 1 N–H and O–H groups in total. The van der Waals surface area contributed by atoms with E-state index in [-0.39, 0.29) is 5.69 Å². The van der Waals surface area contributed by atoms with Gasteiger partial charge in [0.2, 0.25) is 0 Å². The monoisotopic (exact) mass is 345 g/mol. The van der Waals surface area contributed by atoms with E-state index in [2.05, 4.69) is 10.2 Å². The lowest BCUT2D eigenvalue weighted by Gasteiger charge is -2.23. The number of nitro benzene ring substituents is 1. The molecule has 24 heavy (non-hydrogen) atoms. The van der Waals surface area contributed by atoms with Crippen LogP contribution in [0.3, 0.4) is 0 Å². The Bertz CT molecular complexity index is 670. The third kappa shape index (κ3) is 4.52. The van der Waals surface area contributed by atoms with Crippen molar-refractivity contribution in [3.63, 3.8) is 0 Å². The molecule has 0 bridgehead atoms. The molecule has 0 amide bonds. The Kier molecular flexibility index (Phi) is 5.77. The zero-order valence-corrected chi connectivity index (χ0v) is 14.3. The number of aromatic nitrogens is 2. The number of rotatable bonds is 6. The normalized spacial score (nSPS) is 15.3. The molecule has 0 unspecified atom stereocenters. The van der Waals surface area contributed by atoms with E-state index in [1.54, 1.807) is 28.8 Å². The number of hydrogen-bond acceptors (Lipinski definition) is 5. The Morgan fingerprint density at radius 3 is 2.42 bits per heavy atom. The quantitative estimate of drug-likeness (QED) is 0.494. The summed E-state index contributed by atoms with van der Waals surface area (Å²) in [6.45, 7) is 3.77. The van der Waals surface area contributed by atoms with Gasteiger partial charge in [-0.05, 0) is 43.5 Å². The van der Waals surface area contributed by atoms with Gasteiger partial charge in [-0.2, -0.15) is 0 Å². The van der Waals surface area contributed by atoms with Crippen LogP contribution >= 0.6 is 11.8 Å². The lowest BCUT2D eigenvalue weighted by molar-refractivity contribution is -0.902. The van der Waals surface area contributed by atoms with Crippen LogP contribution in [0.4, 0.5) is 5.69 Å². The highest BCUT2D eigenvalue weighted by molar-refractivity contribution is 7.99. The number of benzene rings is 1. The minimum Gasteiger partial charge on any atom is -0.334 e. The van der Waals surface area contributed by atoms with Crippen molar-refractivity contribution in [3.8, 4) is 11.3 Å². The summed E-state index contributed by atoms with van der Waals surface area (Å²) in [5.74, 6) is 1.06. The summed E-state index contributed by atoms with van der Waals surface area (Å²) >= 11 is 1.74. The molecular formula is C17H21N4O2S+. The third-order valence-electron chi connectivity index (χ3n) is 4.28. The first-order valence-electron chi connectivity index (χ1n) is 8.27. The van der Waals surface area contributed by atoms with Gasteiger partial charge in [-0.1, -0.05) is 11.8 Å². The molecule has 126 valence electrons. The summed E-state index contributed by atoms with van der Waals surface area (Å²) < 4.78 is 0. The van der Waals surface area contributed by atoms with E-state index < -0.39 is 4.92 Å². The van der Waals surface area contributed by atoms with E-state index in [1.807, 2.05) is 12.1 Å². The van der Waals surface area contributed by atoms with Gasteiger partial charge in [-0.25, -0.2) is 0 Å². The van der Waals surface area contributed by atoms with Crippen molar-refractivity contribution in [2.24, 2.45) is 0 Å². The fourth-order valence-corrected chi connectivity index (χ4v) is 3.77. The van der Waals surface area contributed by atoms with Crippen molar-refractivity contribution in [1.29, 1.82) is 0 Å². The number of thioether (sulfide) groups is 1. The molecule has 0 atom stereocenters. The first-order chi connectivity index (χ1) is 11.7. The fourth-order valence-electron chi connectivity index (χ4n) is 2.91. The minimum absolute atomic E-state index is 0.0825. The van der Waals surface area contributed by atoms with Crippen LogP contribution in [0.25, 0.3) is 11.3 Å². The summed E-state index contributed by atoms with van der Waals surface area (Å²) in [4.78, 5) is 12.0. The molecule has 3 rings (SSSR count). The van der Waals surface area contributed by atoms with Gasteiger partial charge in [0.15, 0.2) is 0 Å². The standard InChI is InChI=1S/C17H20N4O2S/c22-21(23)15-6-4-14(5-7-15)16-8-9-17(19-18-16)24-13-12-20-10-2-1-3-11-20/h4-9H,1-3,10-13H2/p+1. The largest absolute Gasteiger partial charge is 0.334 e. The van der Waals surface area contributed by atoms with E-state index in [1.165, 1.54) is 51.0 Å². The third-order valence-corrected chi connectivity index (χ3v) is 5.20. The number of likely N-dealkylation sites (tertiary alicyclic amines) is 1. The Hall–Kier alpha value is -1.99. The molecule has 1 saturated heterocycles. The summed E-state index contributed by atoms with van der Waals surface area (Å²) in [7, 11) is 0. The molecule has 6 nitrogen and oxygen atoms in total. The number of hydrogen-bond donors (Lipinski definition) is 1. The molecule has 0 radical (unpaired) electrons. The van der Waals surface area contributed by atoms with Gasteiger partial charge in [0.25, 0.3) is 5.69 Å². The maximum atomic E-state index is 10.7.